The molecule has 1 atom stereocenters. The molecule has 0 radical (unpaired) electrons. The van der Waals surface area contributed by atoms with Gasteiger partial charge in [0.05, 0.1) is 30.8 Å². The van der Waals surface area contributed by atoms with Gasteiger partial charge in [-0.25, -0.2) is 0 Å². The lowest BCUT2D eigenvalue weighted by atomic mass is 10.1. The standard InChI is InChI=1S/C13H16N2O5/c1-9-2-3-10(15(18)19)6-12(9)13(17)14-4-5-20-8-11(14)7-16/h2-3,6,11,16H,4-5,7-8H2,1H3. The molecule has 20 heavy (non-hydrogen) atoms. The van der Waals surface area contributed by atoms with Gasteiger partial charge in [-0.15, -0.1) is 0 Å². The molecule has 0 aromatic heterocycles. The van der Waals surface area contributed by atoms with Crippen LogP contribution in [-0.2, 0) is 4.74 Å². The van der Waals surface area contributed by atoms with Gasteiger partial charge in [0.1, 0.15) is 0 Å². The summed E-state index contributed by atoms with van der Waals surface area (Å²) in [5.41, 5.74) is 0.844. The molecular weight excluding hydrogens is 264 g/mol. The molecule has 1 unspecified atom stereocenters. The molecule has 7 heteroatoms. The number of aliphatic hydroxyl groups excluding tert-OH is 1. The second-order valence-corrected chi connectivity index (χ2v) is 4.67. The molecule has 1 amide bonds. The van der Waals surface area contributed by atoms with Crippen molar-refractivity contribution in [2.45, 2.75) is 13.0 Å². The van der Waals surface area contributed by atoms with Gasteiger partial charge in [0.25, 0.3) is 11.6 Å². The lowest BCUT2D eigenvalue weighted by Gasteiger charge is -2.34. The number of hydrogen-bond acceptors (Lipinski definition) is 5. The highest BCUT2D eigenvalue weighted by atomic mass is 16.6. The van der Waals surface area contributed by atoms with E-state index >= 15 is 0 Å². The Bertz CT molecular complexity index is 531. The summed E-state index contributed by atoms with van der Waals surface area (Å²) in [5, 5.41) is 20.1. The minimum atomic E-state index is -0.529. The molecule has 1 saturated heterocycles. The number of rotatable bonds is 3. The Morgan fingerprint density at radius 2 is 2.35 bits per heavy atom. The van der Waals surface area contributed by atoms with Gasteiger partial charge in [-0.3, -0.25) is 14.9 Å². The Kier molecular flexibility index (Phi) is 4.31. The summed E-state index contributed by atoms with van der Waals surface area (Å²) in [6.07, 6.45) is 0. The van der Waals surface area contributed by atoms with Crippen molar-refractivity contribution in [2.24, 2.45) is 0 Å². The van der Waals surface area contributed by atoms with E-state index < -0.39 is 11.0 Å². The number of ether oxygens (including phenoxy) is 1. The summed E-state index contributed by atoms with van der Waals surface area (Å²) in [5.74, 6) is -0.312. The number of non-ortho nitro benzene ring substituents is 1. The minimum Gasteiger partial charge on any atom is -0.394 e. The third kappa shape index (κ3) is 2.78. The number of nitrogens with zero attached hydrogens (tertiary/aromatic N) is 2. The average molecular weight is 280 g/mol. The number of carbonyl (C=O) groups is 1. The Hall–Kier alpha value is -1.99. The van der Waals surface area contributed by atoms with Crippen molar-refractivity contribution in [3.63, 3.8) is 0 Å². The fraction of sp³-hybridized carbons (Fsp3) is 0.462. The van der Waals surface area contributed by atoms with Crippen molar-refractivity contribution >= 4 is 11.6 Å². The molecule has 1 aromatic carbocycles. The van der Waals surface area contributed by atoms with Gasteiger partial charge in [0.15, 0.2) is 0 Å². The summed E-state index contributed by atoms with van der Waals surface area (Å²) in [6.45, 7) is 2.57. The predicted octanol–water partition coefficient (Wildman–Crippen LogP) is 0.737. The highest BCUT2D eigenvalue weighted by Gasteiger charge is 2.29. The molecule has 1 fully saturated rings. The molecule has 1 N–H and O–H groups in total. The number of amides is 1. The van der Waals surface area contributed by atoms with E-state index in [0.717, 1.165) is 0 Å². The molecule has 0 saturated carbocycles. The number of aryl methyl sites for hydroxylation is 1. The van der Waals surface area contributed by atoms with Gasteiger partial charge in [0, 0.05) is 24.2 Å². The van der Waals surface area contributed by atoms with Crippen LogP contribution in [0.15, 0.2) is 18.2 Å². The molecular formula is C13H16N2O5. The number of nitro benzene ring substituents is 1. The predicted molar refractivity (Wildman–Crippen MR) is 70.6 cm³/mol. The molecule has 0 aliphatic carbocycles. The molecule has 1 heterocycles. The van der Waals surface area contributed by atoms with Gasteiger partial charge < -0.3 is 14.7 Å². The first-order chi connectivity index (χ1) is 9.54. The number of hydrogen-bond donors (Lipinski definition) is 1. The fourth-order valence-corrected chi connectivity index (χ4v) is 2.18. The highest BCUT2D eigenvalue weighted by molar-refractivity contribution is 5.96. The normalized spacial score (nSPS) is 18.9. The topological polar surface area (TPSA) is 92.9 Å². The zero-order valence-electron chi connectivity index (χ0n) is 11.1. The lowest BCUT2D eigenvalue weighted by Crippen LogP contribution is -2.50. The molecule has 108 valence electrons. The summed E-state index contributed by atoms with van der Waals surface area (Å²) in [6, 6.07) is 3.80. The van der Waals surface area contributed by atoms with E-state index in [1.807, 2.05) is 0 Å². The number of morpholine rings is 1. The van der Waals surface area contributed by atoms with Gasteiger partial charge >= 0.3 is 0 Å². The first-order valence-corrected chi connectivity index (χ1v) is 6.29. The van der Waals surface area contributed by atoms with E-state index in [0.29, 0.717) is 24.3 Å². The van der Waals surface area contributed by atoms with Gasteiger partial charge in [0.2, 0.25) is 0 Å². The zero-order valence-corrected chi connectivity index (χ0v) is 11.1. The van der Waals surface area contributed by atoms with E-state index in [1.165, 1.54) is 17.0 Å². The Morgan fingerprint density at radius 1 is 1.60 bits per heavy atom. The number of carbonyl (C=O) groups excluding carboxylic acids is 1. The SMILES string of the molecule is Cc1ccc([N+](=O)[O-])cc1C(=O)N1CCOCC1CO. The maximum absolute atomic E-state index is 12.5. The smallest absolute Gasteiger partial charge is 0.270 e. The van der Waals surface area contributed by atoms with Crippen LogP contribution in [0.5, 0.6) is 0 Å². The third-order valence-electron chi connectivity index (χ3n) is 3.36. The van der Waals surface area contributed by atoms with Crippen LogP contribution in [0.1, 0.15) is 15.9 Å². The van der Waals surface area contributed by atoms with Crippen molar-refractivity contribution in [2.75, 3.05) is 26.4 Å². The van der Waals surface area contributed by atoms with E-state index in [9.17, 15) is 20.0 Å². The van der Waals surface area contributed by atoms with E-state index in [-0.39, 0.29) is 24.8 Å². The van der Waals surface area contributed by atoms with Crippen LogP contribution in [0, 0.1) is 17.0 Å². The fourth-order valence-electron chi connectivity index (χ4n) is 2.18. The monoisotopic (exact) mass is 280 g/mol. The number of aliphatic hydroxyl groups is 1. The van der Waals surface area contributed by atoms with Crippen LogP contribution >= 0.6 is 0 Å². The average Bonchev–Trinajstić information content (AvgIpc) is 2.46. The van der Waals surface area contributed by atoms with Gasteiger partial charge in [-0.05, 0) is 12.5 Å². The molecule has 0 spiro atoms. The first-order valence-electron chi connectivity index (χ1n) is 6.29. The number of nitro groups is 1. The van der Waals surface area contributed by atoms with Crippen LogP contribution in [0.3, 0.4) is 0 Å². The van der Waals surface area contributed by atoms with Crippen molar-refractivity contribution in [3.05, 3.63) is 39.4 Å². The first kappa shape index (κ1) is 14.4. The van der Waals surface area contributed by atoms with Crippen LogP contribution in [0.4, 0.5) is 5.69 Å². The van der Waals surface area contributed by atoms with Crippen LogP contribution in [0.25, 0.3) is 0 Å². The Labute approximate surface area is 115 Å². The number of benzene rings is 1. The highest BCUT2D eigenvalue weighted by Crippen LogP contribution is 2.20. The van der Waals surface area contributed by atoms with Crippen LogP contribution < -0.4 is 0 Å². The van der Waals surface area contributed by atoms with Crippen LogP contribution in [-0.4, -0.2) is 53.2 Å². The lowest BCUT2D eigenvalue weighted by molar-refractivity contribution is -0.384. The van der Waals surface area contributed by atoms with Gasteiger partial charge in [-0.1, -0.05) is 6.07 Å². The summed E-state index contributed by atoms with van der Waals surface area (Å²) < 4.78 is 5.22. The Balaban J connectivity index is 2.32. The van der Waals surface area contributed by atoms with E-state index in [4.69, 9.17) is 4.74 Å². The third-order valence-corrected chi connectivity index (χ3v) is 3.36. The molecule has 0 bridgehead atoms. The molecule has 1 aliphatic heterocycles. The van der Waals surface area contributed by atoms with E-state index in [2.05, 4.69) is 0 Å². The van der Waals surface area contributed by atoms with E-state index in [1.54, 1.807) is 13.0 Å². The molecule has 7 nitrogen and oxygen atoms in total. The zero-order chi connectivity index (χ0) is 14.7. The largest absolute Gasteiger partial charge is 0.394 e. The summed E-state index contributed by atoms with van der Waals surface area (Å²) in [7, 11) is 0. The summed E-state index contributed by atoms with van der Waals surface area (Å²) in [4.78, 5) is 24.3. The molecule has 1 aromatic rings. The molecule has 1 aliphatic rings. The van der Waals surface area contributed by atoms with Crippen molar-refractivity contribution < 1.29 is 19.6 Å². The van der Waals surface area contributed by atoms with Crippen molar-refractivity contribution in [1.82, 2.24) is 4.90 Å². The summed E-state index contributed by atoms with van der Waals surface area (Å²) >= 11 is 0. The van der Waals surface area contributed by atoms with Crippen molar-refractivity contribution in [3.8, 4) is 0 Å². The second-order valence-electron chi connectivity index (χ2n) is 4.67. The Morgan fingerprint density at radius 3 is 3.00 bits per heavy atom. The maximum atomic E-state index is 12.5. The van der Waals surface area contributed by atoms with Gasteiger partial charge in [-0.2, -0.15) is 0 Å². The maximum Gasteiger partial charge on any atom is 0.270 e. The second kappa shape index (κ2) is 5.98. The quantitative estimate of drug-likeness (QED) is 0.651. The minimum absolute atomic E-state index is 0.118. The molecule has 2 rings (SSSR count). The van der Waals surface area contributed by atoms with Crippen molar-refractivity contribution in [1.29, 1.82) is 0 Å². The van der Waals surface area contributed by atoms with Crippen LogP contribution in [0.2, 0.25) is 0 Å².